The second-order valence-corrected chi connectivity index (χ2v) is 8.55. The molecule has 154 valence electrons. The van der Waals surface area contributed by atoms with Crippen LogP contribution in [0.4, 0.5) is 10.5 Å². The number of amidine groups is 1. The number of hydrogen-bond acceptors (Lipinski definition) is 7. The number of hydrogen-bond donors (Lipinski definition) is 1. The van der Waals surface area contributed by atoms with Crippen LogP contribution in [0.1, 0.15) is 36.0 Å². The normalized spacial score (nSPS) is 20.1. The number of imide groups is 1. The Morgan fingerprint density at radius 2 is 2.00 bits per heavy atom. The minimum Gasteiger partial charge on any atom is -0.452 e. The smallest absolute Gasteiger partial charge is 0.338 e. The van der Waals surface area contributed by atoms with E-state index in [1.807, 2.05) is 4.90 Å². The topological polar surface area (TPSA) is 125 Å². The molecule has 0 unspecified atom stereocenters. The molecule has 10 nitrogen and oxygen atoms in total. The van der Waals surface area contributed by atoms with Crippen molar-refractivity contribution >= 4 is 39.5 Å². The van der Waals surface area contributed by atoms with Gasteiger partial charge in [-0.3, -0.25) is 9.69 Å². The van der Waals surface area contributed by atoms with Crippen molar-refractivity contribution in [3.05, 3.63) is 23.8 Å². The summed E-state index contributed by atoms with van der Waals surface area (Å²) in [5.74, 6) is -0.959. The zero-order valence-corrected chi connectivity index (χ0v) is 16.4. The number of esters is 1. The minimum absolute atomic E-state index is 0.000490. The lowest BCUT2D eigenvalue weighted by molar-refractivity contribution is -0.130. The zero-order valence-electron chi connectivity index (χ0n) is 15.6. The number of fused-ring (bicyclic) bond motifs is 3. The van der Waals surface area contributed by atoms with Crippen molar-refractivity contribution in [3.8, 4) is 0 Å². The molecule has 0 saturated carbocycles. The van der Waals surface area contributed by atoms with E-state index < -0.39 is 34.5 Å². The highest BCUT2D eigenvalue weighted by molar-refractivity contribution is 7.90. The average Bonchev–Trinajstić information content (AvgIpc) is 2.99. The number of nitrogens with one attached hydrogen (secondary N) is 1. The summed E-state index contributed by atoms with van der Waals surface area (Å²) in [7, 11) is -3.93. The fourth-order valence-corrected chi connectivity index (χ4v) is 4.89. The van der Waals surface area contributed by atoms with E-state index in [4.69, 9.17) is 4.74 Å². The lowest BCUT2D eigenvalue weighted by Crippen LogP contribution is -2.37. The molecule has 1 aromatic carbocycles. The van der Waals surface area contributed by atoms with E-state index in [1.165, 1.54) is 12.1 Å². The zero-order chi connectivity index (χ0) is 20.6. The van der Waals surface area contributed by atoms with Crippen LogP contribution in [0.15, 0.2) is 27.5 Å². The Morgan fingerprint density at radius 1 is 1.17 bits per heavy atom. The van der Waals surface area contributed by atoms with Crippen LogP contribution in [-0.4, -0.2) is 63.3 Å². The molecule has 0 aliphatic carbocycles. The molecule has 3 heterocycles. The lowest BCUT2D eigenvalue weighted by Gasteiger charge is -2.29. The van der Waals surface area contributed by atoms with Gasteiger partial charge in [0.25, 0.3) is 15.9 Å². The highest BCUT2D eigenvalue weighted by Crippen LogP contribution is 2.35. The average molecular weight is 420 g/mol. The van der Waals surface area contributed by atoms with Crippen LogP contribution < -0.4 is 10.2 Å². The van der Waals surface area contributed by atoms with Crippen LogP contribution >= 0.6 is 0 Å². The van der Waals surface area contributed by atoms with E-state index in [0.717, 1.165) is 24.2 Å². The number of rotatable bonds is 3. The fraction of sp³-hybridized carbons (Fsp3) is 0.444. The van der Waals surface area contributed by atoms with E-state index in [-0.39, 0.29) is 17.0 Å². The Bertz CT molecular complexity index is 1020. The molecule has 11 heteroatoms. The summed E-state index contributed by atoms with van der Waals surface area (Å²) >= 11 is 0. The molecule has 1 N–H and O–H groups in total. The molecule has 3 aliphatic rings. The SMILES string of the molecule is O=C(OCC(=O)N1CCNC1=O)c1ccc2c(c1)S(=O)(=O)N=C1CCCCCN12. The van der Waals surface area contributed by atoms with Gasteiger partial charge < -0.3 is 15.0 Å². The highest BCUT2D eigenvalue weighted by atomic mass is 32.2. The third-order valence-electron chi connectivity index (χ3n) is 5.07. The number of carbonyl (C=O) groups excluding carboxylic acids is 3. The van der Waals surface area contributed by atoms with E-state index in [2.05, 4.69) is 9.71 Å². The fourth-order valence-electron chi connectivity index (χ4n) is 3.60. The highest BCUT2D eigenvalue weighted by Gasteiger charge is 2.32. The second-order valence-electron chi connectivity index (χ2n) is 6.98. The number of benzene rings is 1. The first-order valence-electron chi connectivity index (χ1n) is 9.37. The molecule has 29 heavy (non-hydrogen) atoms. The number of amides is 3. The first-order valence-corrected chi connectivity index (χ1v) is 10.8. The molecule has 3 aliphatic heterocycles. The lowest BCUT2D eigenvalue weighted by atomic mass is 10.2. The molecule has 1 aromatic rings. The molecule has 0 bridgehead atoms. The third kappa shape index (κ3) is 3.69. The maximum atomic E-state index is 12.6. The Hall–Kier alpha value is -2.95. The van der Waals surface area contributed by atoms with Crippen molar-refractivity contribution in [3.63, 3.8) is 0 Å². The summed E-state index contributed by atoms with van der Waals surface area (Å²) < 4.78 is 34.2. The number of ether oxygens (including phenoxy) is 1. The predicted molar refractivity (Wildman–Crippen MR) is 102 cm³/mol. The van der Waals surface area contributed by atoms with Crippen LogP contribution in [0.3, 0.4) is 0 Å². The van der Waals surface area contributed by atoms with Gasteiger partial charge in [-0.25, -0.2) is 9.59 Å². The Labute approximate surface area is 167 Å². The molecule has 2 saturated heterocycles. The van der Waals surface area contributed by atoms with Gasteiger partial charge in [-0.1, -0.05) is 6.42 Å². The summed E-state index contributed by atoms with van der Waals surface area (Å²) in [5, 5.41) is 2.48. The van der Waals surface area contributed by atoms with E-state index in [9.17, 15) is 22.8 Å². The van der Waals surface area contributed by atoms with Crippen LogP contribution in [0, 0.1) is 0 Å². The van der Waals surface area contributed by atoms with E-state index in [0.29, 0.717) is 31.0 Å². The predicted octanol–water partition coefficient (Wildman–Crippen LogP) is 0.876. The standard InChI is InChI=1S/C18H20N4O6S/c23-16(22-9-7-19-18(22)25)11-28-17(24)12-5-6-13-14(10-12)29(26,27)20-15-4-2-1-3-8-21(13)15/h5-6,10H,1-4,7-9,11H2,(H,19,25). The van der Waals surface area contributed by atoms with Crippen molar-refractivity contribution in [2.45, 2.75) is 30.6 Å². The van der Waals surface area contributed by atoms with Crippen LogP contribution in [-0.2, 0) is 19.6 Å². The van der Waals surface area contributed by atoms with Gasteiger partial charge in [0.05, 0.1) is 11.3 Å². The van der Waals surface area contributed by atoms with E-state index >= 15 is 0 Å². The molecular formula is C18H20N4O6S. The Balaban J connectivity index is 1.53. The van der Waals surface area contributed by atoms with Gasteiger partial charge in [-0.15, -0.1) is 4.40 Å². The number of nitrogens with zero attached hydrogens (tertiary/aromatic N) is 3. The van der Waals surface area contributed by atoms with Crippen molar-refractivity contribution < 1.29 is 27.5 Å². The number of anilines is 1. The monoisotopic (exact) mass is 420 g/mol. The van der Waals surface area contributed by atoms with Gasteiger partial charge >= 0.3 is 12.0 Å². The van der Waals surface area contributed by atoms with Gasteiger partial charge in [-0.2, -0.15) is 8.42 Å². The van der Waals surface area contributed by atoms with Gasteiger partial charge in [-0.05, 0) is 31.0 Å². The summed E-state index contributed by atoms with van der Waals surface area (Å²) in [6, 6.07) is 3.74. The van der Waals surface area contributed by atoms with Crippen molar-refractivity contribution in [2.24, 2.45) is 4.40 Å². The van der Waals surface area contributed by atoms with Crippen molar-refractivity contribution in [1.29, 1.82) is 0 Å². The summed E-state index contributed by atoms with van der Waals surface area (Å²) in [5.41, 5.74) is 0.498. The van der Waals surface area contributed by atoms with Gasteiger partial charge in [0.2, 0.25) is 0 Å². The summed E-state index contributed by atoms with van der Waals surface area (Å²) in [6.07, 6.45) is 3.40. The summed E-state index contributed by atoms with van der Waals surface area (Å²) in [4.78, 5) is 38.6. The molecule has 0 radical (unpaired) electrons. The third-order valence-corrected chi connectivity index (χ3v) is 6.40. The Morgan fingerprint density at radius 3 is 2.76 bits per heavy atom. The molecular weight excluding hydrogens is 400 g/mol. The first-order chi connectivity index (χ1) is 13.9. The minimum atomic E-state index is -3.93. The summed E-state index contributed by atoms with van der Waals surface area (Å²) in [6.45, 7) is 0.616. The molecule has 0 spiro atoms. The van der Waals surface area contributed by atoms with Crippen LogP contribution in [0.2, 0.25) is 0 Å². The van der Waals surface area contributed by atoms with Crippen molar-refractivity contribution in [1.82, 2.24) is 10.2 Å². The largest absolute Gasteiger partial charge is 0.452 e. The molecule has 0 atom stereocenters. The van der Waals surface area contributed by atoms with Gasteiger partial charge in [0.1, 0.15) is 10.7 Å². The first kappa shape index (κ1) is 19.4. The van der Waals surface area contributed by atoms with E-state index in [1.54, 1.807) is 6.07 Å². The number of sulfonamides is 1. The maximum absolute atomic E-state index is 12.6. The molecule has 3 amide bonds. The Kier molecular flexibility index (Phi) is 4.99. The number of urea groups is 1. The molecule has 2 fully saturated rings. The quantitative estimate of drug-likeness (QED) is 0.720. The molecule has 4 rings (SSSR count). The van der Waals surface area contributed by atoms with Gasteiger partial charge in [0, 0.05) is 26.1 Å². The number of carbonyl (C=O) groups is 3. The second kappa shape index (κ2) is 7.47. The maximum Gasteiger partial charge on any atom is 0.338 e. The van der Waals surface area contributed by atoms with Crippen LogP contribution in [0.5, 0.6) is 0 Å². The van der Waals surface area contributed by atoms with Crippen LogP contribution in [0.25, 0.3) is 0 Å². The van der Waals surface area contributed by atoms with Crippen molar-refractivity contribution in [2.75, 3.05) is 31.1 Å². The molecule has 0 aromatic heterocycles. The van der Waals surface area contributed by atoms with Gasteiger partial charge in [0.15, 0.2) is 6.61 Å².